The molecule has 3 fully saturated rings. The third-order valence-corrected chi connectivity index (χ3v) is 8.23. The molecular formula is C25H37N9O. The highest BCUT2D eigenvalue weighted by Gasteiger charge is 2.37. The highest BCUT2D eigenvalue weighted by molar-refractivity contribution is 5.64. The molecule has 188 valence electrons. The number of hydrogen-bond donors (Lipinski definition) is 1. The summed E-state index contributed by atoms with van der Waals surface area (Å²) in [5.41, 5.74) is 2.16. The van der Waals surface area contributed by atoms with Crippen LogP contribution in [-0.2, 0) is 4.74 Å². The first kappa shape index (κ1) is 22.7. The molecule has 0 amide bonds. The summed E-state index contributed by atoms with van der Waals surface area (Å²) < 4.78 is 5.58. The molecule has 10 nitrogen and oxygen atoms in total. The number of hydrazone groups is 1. The minimum Gasteiger partial charge on any atom is -0.378 e. The first-order valence-electron chi connectivity index (χ1n) is 13.3. The van der Waals surface area contributed by atoms with Gasteiger partial charge in [-0.15, -0.1) is 0 Å². The Kier molecular flexibility index (Phi) is 6.30. The predicted molar refractivity (Wildman–Crippen MR) is 135 cm³/mol. The van der Waals surface area contributed by atoms with Crippen molar-refractivity contribution >= 4 is 18.0 Å². The number of hydrogen-bond acceptors (Lipinski definition) is 9. The van der Waals surface area contributed by atoms with Crippen LogP contribution in [-0.4, -0.2) is 81.6 Å². The fraction of sp³-hybridized carbons (Fsp3) is 0.720. The fourth-order valence-electron chi connectivity index (χ4n) is 6.15. The Balaban J connectivity index is 1.18. The third kappa shape index (κ3) is 4.85. The second kappa shape index (κ2) is 9.72. The van der Waals surface area contributed by atoms with Gasteiger partial charge in [0.2, 0.25) is 5.95 Å². The van der Waals surface area contributed by atoms with Crippen molar-refractivity contribution in [3.63, 3.8) is 0 Å². The van der Waals surface area contributed by atoms with E-state index >= 15 is 0 Å². The van der Waals surface area contributed by atoms with Crippen LogP contribution in [0.2, 0.25) is 0 Å². The number of ether oxygens (including phenoxy) is 1. The molecule has 35 heavy (non-hydrogen) atoms. The smallest absolute Gasteiger partial charge is 0.227 e. The molecule has 4 heterocycles. The van der Waals surface area contributed by atoms with Gasteiger partial charge in [-0.05, 0) is 51.9 Å². The largest absolute Gasteiger partial charge is 0.378 e. The Morgan fingerprint density at radius 2 is 1.86 bits per heavy atom. The molecule has 10 heteroatoms. The van der Waals surface area contributed by atoms with Gasteiger partial charge >= 0.3 is 0 Å². The summed E-state index contributed by atoms with van der Waals surface area (Å²) >= 11 is 0. The first-order valence-corrected chi connectivity index (χ1v) is 13.3. The lowest BCUT2D eigenvalue weighted by molar-refractivity contribution is 0.122. The Hall–Kier alpha value is -2.75. The summed E-state index contributed by atoms with van der Waals surface area (Å²) in [4.78, 5) is 14.3. The molecule has 1 N–H and O–H groups in total. The number of morpholine rings is 1. The summed E-state index contributed by atoms with van der Waals surface area (Å²) in [6, 6.07) is 3.51. The van der Waals surface area contributed by atoms with E-state index in [4.69, 9.17) is 14.7 Å². The maximum atomic E-state index is 5.58. The quantitative estimate of drug-likeness (QED) is 0.699. The molecule has 2 aromatic heterocycles. The molecule has 1 saturated heterocycles. The topological polar surface area (TPSA) is 96.6 Å². The Morgan fingerprint density at radius 3 is 2.63 bits per heavy atom. The average molecular weight is 480 g/mol. The molecule has 4 aliphatic rings. The van der Waals surface area contributed by atoms with Crippen LogP contribution in [0.15, 0.2) is 17.4 Å². The third-order valence-electron chi connectivity index (χ3n) is 8.23. The molecule has 2 aromatic rings. The summed E-state index contributed by atoms with van der Waals surface area (Å²) in [7, 11) is 2.10. The van der Waals surface area contributed by atoms with E-state index in [1.54, 1.807) is 0 Å². The maximum absolute atomic E-state index is 5.58. The van der Waals surface area contributed by atoms with Crippen molar-refractivity contribution in [2.75, 3.05) is 43.6 Å². The molecule has 0 bridgehead atoms. The molecule has 2 aliphatic heterocycles. The van der Waals surface area contributed by atoms with Crippen molar-refractivity contribution in [1.82, 2.24) is 30.0 Å². The Bertz CT molecular complexity index is 1040. The van der Waals surface area contributed by atoms with Gasteiger partial charge in [-0.3, -0.25) is 5.01 Å². The van der Waals surface area contributed by atoms with Crippen molar-refractivity contribution in [3.05, 3.63) is 23.7 Å². The van der Waals surface area contributed by atoms with E-state index in [1.165, 1.54) is 12.1 Å². The number of rotatable bonds is 5. The van der Waals surface area contributed by atoms with E-state index in [9.17, 15) is 0 Å². The zero-order valence-corrected chi connectivity index (χ0v) is 20.9. The van der Waals surface area contributed by atoms with E-state index in [0.717, 1.165) is 82.3 Å². The van der Waals surface area contributed by atoms with Crippen LogP contribution in [0.25, 0.3) is 0 Å². The minimum atomic E-state index is 0.396. The number of fused-ring (bicyclic) bond motifs is 1. The molecule has 0 spiro atoms. The number of nitrogens with one attached hydrogen (secondary N) is 1. The van der Waals surface area contributed by atoms with Crippen molar-refractivity contribution in [3.8, 4) is 0 Å². The van der Waals surface area contributed by atoms with Gasteiger partial charge in [-0.25, -0.2) is 4.98 Å². The first-order chi connectivity index (χ1) is 17.1. The van der Waals surface area contributed by atoms with Gasteiger partial charge in [0.1, 0.15) is 5.82 Å². The molecule has 6 rings (SSSR count). The van der Waals surface area contributed by atoms with Gasteiger partial charge in [0.15, 0.2) is 0 Å². The van der Waals surface area contributed by atoms with Gasteiger partial charge in [-0.2, -0.15) is 25.1 Å². The van der Waals surface area contributed by atoms with Crippen LogP contribution in [0.1, 0.15) is 68.3 Å². The SMILES string of the molecule is Cc1cnn(C2CCC(Nc3cc(C4CCC5C=NN(C)C5C4)nc(N4CCOCC4)n3)CC2)n1. The second-order valence-electron chi connectivity index (χ2n) is 10.6. The second-order valence-corrected chi connectivity index (χ2v) is 10.6. The predicted octanol–water partition coefficient (Wildman–Crippen LogP) is 2.99. The van der Waals surface area contributed by atoms with Crippen molar-refractivity contribution in [2.45, 2.75) is 75.9 Å². The normalized spacial score (nSPS) is 31.0. The summed E-state index contributed by atoms with van der Waals surface area (Å²) in [5.74, 6) is 2.83. The fourth-order valence-corrected chi connectivity index (χ4v) is 6.15. The number of aromatic nitrogens is 5. The molecule has 2 saturated carbocycles. The van der Waals surface area contributed by atoms with E-state index in [-0.39, 0.29) is 0 Å². The highest BCUT2D eigenvalue weighted by atomic mass is 16.5. The lowest BCUT2D eigenvalue weighted by atomic mass is 9.78. The van der Waals surface area contributed by atoms with Crippen LogP contribution in [0.3, 0.4) is 0 Å². The van der Waals surface area contributed by atoms with Gasteiger partial charge < -0.3 is 15.0 Å². The Morgan fingerprint density at radius 1 is 1.03 bits per heavy atom. The van der Waals surface area contributed by atoms with E-state index in [1.807, 2.05) is 17.9 Å². The van der Waals surface area contributed by atoms with Crippen LogP contribution in [0, 0.1) is 12.8 Å². The lowest BCUT2D eigenvalue weighted by Crippen LogP contribution is -2.38. The monoisotopic (exact) mass is 479 g/mol. The molecule has 3 atom stereocenters. The molecule has 0 radical (unpaired) electrons. The summed E-state index contributed by atoms with van der Waals surface area (Å²) in [6.45, 7) is 5.15. The van der Waals surface area contributed by atoms with Gasteiger partial charge in [0.05, 0.1) is 42.9 Å². The van der Waals surface area contributed by atoms with Gasteiger partial charge in [-0.1, -0.05) is 0 Å². The lowest BCUT2D eigenvalue weighted by Gasteiger charge is -2.35. The molecular weight excluding hydrogens is 442 g/mol. The summed E-state index contributed by atoms with van der Waals surface area (Å²) in [6.07, 6.45) is 11.8. The highest BCUT2D eigenvalue weighted by Crippen LogP contribution is 2.40. The van der Waals surface area contributed by atoms with Crippen LogP contribution in [0.5, 0.6) is 0 Å². The molecule has 2 aliphatic carbocycles. The van der Waals surface area contributed by atoms with E-state index in [2.05, 4.69) is 49.9 Å². The van der Waals surface area contributed by atoms with Crippen LogP contribution >= 0.6 is 0 Å². The van der Waals surface area contributed by atoms with Crippen molar-refractivity contribution in [1.29, 1.82) is 0 Å². The molecule has 3 unspecified atom stereocenters. The van der Waals surface area contributed by atoms with Gasteiger partial charge in [0, 0.05) is 50.3 Å². The minimum absolute atomic E-state index is 0.396. The van der Waals surface area contributed by atoms with Crippen LogP contribution < -0.4 is 10.2 Å². The molecule has 0 aromatic carbocycles. The zero-order valence-electron chi connectivity index (χ0n) is 20.9. The maximum Gasteiger partial charge on any atom is 0.227 e. The van der Waals surface area contributed by atoms with E-state index < -0.39 is 0 Å². The standard InChI is InChI=1S/C25H37N9O/c1-17-15-27-34(31-17)21-7-5-20(6-8-21)28-24-14-22(29-25(30-24)33-9-11-35-12-10-33)18-3-4-19-16-26-32(2)23(19)13-18/h14-16,18-21,23H,3-13H2,1-2H3,(H,28,29,30). The number of anilines is 2. The van der Waals surface area contributed by atoms with E-state index in [0.29, 0.717) is 30.0 Å². The average Bonchev–Trinajstić information content (AvgIpc) is 3.50. The van der Waals surface area contributed by atoms with Crippen LogP contribution in [0.4, 0.5) is 11.8 Å². The number of nitrogens with zero attached hydrogens (tertiary/aromatic N) is 8. The zero-order chi connectivity index (χ0) is 23.8. The Labute approximate surface area is 207 Å². The summed E-state index contributed by atoms with van der Waals surface area (Å²) in [5, 5.41) is 19.5. The van der Waals surface area contributed by atoms with Crippen molar-refractivity contribution in [2.24, 2.45) is 11.0 Å². The number of aryl methyl sites for hydroxylation is 1. The van der Waals surface area contributed by atoms with Gasteiger partial charge in [0.25, 0.3) is 0 Å². The van der Waals surface area contributed by atoms with Crippen molar-refractivity contribution < 1.29 is 4.74 Å².